The number of hydrogen-bond acceptors (Lipinski definition) is 7. The molecule has 0 amide bonds. The number of alkyl halides is 2. The van der Waals surface area contributed by atoms with Crippen LogP contribution < -0.4 is 0 Å². The van der Waals surface area contributed by atoms with Crippen LogP contribution in [0.15, 0.2) is 54.6 Å². The molecule has 37 heavy (non-hydrogen) atoms. The monoisotopic (exact) mass is 540 g/mol. The van der Waals surface area contributed by atoms with Crippen LogP contribution >= 0.6 is 7.60 Å². The third-order valence-electron chi connectivity index (χ3n) is 4.87. The van der Waals surface area contributed by atoms with Crippen LogP contribution in [0.4, 0.5) is 8.78 Å². The molecule has 1 unspecified atom stereocenters. The van der Waals surface area contributed by atoms with Gasteiger partial charge in [-0.05, 0) is 59.1 Å². The van der Waals surface area contributed by atoms with Gasteiger partial charge < -0.3 is 9.47 Å². The number of esters is 2. The summed E-state index contributed by atoms with van der Waals surface area (Å²) >= 11 is 0. The van der Waals surface area contributed by atoms with Crippen molar-refractivity contribution in [1.29, 1.82) is 0 Å². The van der Waals surface area contributed by atoms with Crippen LogP contribution in [0.5, 0.6) is 0 Å². The Bertz CT molecular complexity index is 1080. The zero-order chi connectivity index (χ0) is 28.1. The Morgan fingerprint density at radius 1 is 0.811 bits per heavy atom. The van der Waals surface area contributed by atoms with Gasteiger partial charge in [0, 0.05) is 5.56 Å². The molecule has 0 aliphatic rings. The summed E-state index contributed by atoms with van der Waals surface area (Å²) in [6, 6.07) is 13.7. The molecule has 7 nitrogen and oxygen atoms in total. The maximum absolute atomic E-state index is 15.6. The second-order valence-corrected chi connectivity index (χ2v) is 12.4. The highest BCUT2D eigenvalue weighted by atomic mass is 31.2. The number of methoxy groups -OCH3 is 1. The van der Waals surface area contributed by atoms with Gasteiger partial charge in [0.2, 0.25) is 0 Å². The van der Waals surface area contributed by atoms with Crippen LogP contribution in [-0.2, 0) is 51.4 Å². The molecule has 0 saturated heterocycles. The first-order valence-electron chi connectivity index (χ1n) is 11.7. The summed E-state index contributed by atoms with van der Waals surface area (Å²) in [5, 5.41) is 0. The zero-order valence-corrected chi connectivity index (χ0v) is 23.1. The van der Waals surface area contributed by atoms with E-state index in [-0.39, 0.29) is 13.0 Å². The van der Waals surface area contributed by atoms with Gasteiger partial charge in [0.05, 0.1) is 18.3 Å². The van der Waals surface area contributed by atoms with Crippen molar-refractivity contribution in [2.45, 2.75) is 71.4 Å². The van der Waals surface area contributed by atoms with E-state index in [0.717, 1.165) is 24.8 Å². The number of rotatable bonds is 10. The molecule has 10 heteroatoms. The first-order valence-corrected chi connectivity index (χ1v) is 13.3. The predicted molar refractivity (Wildman–Crippen MR) is 135 cm³/mol. The Morgan fingerprint density at radius 3 is 1.78 bits per heavy atom. The first-order chi connectivity index (χ1) is 17.0. The molecule has 2 aromatic carbocycles. The van der Waals surface area contributed by atoms with Gasteiger partial charge in [-0.3, -0.25) is 23.2 Å². The van der Waals surface area contributed by atoms with Gasteiger partial charge in [-0.15, -0.1) is 0 Å². The molecule has 204 valence electrons. The number of ether oxygens (including phenoxy) is 2. The molecule has 2 aromatic rings. The Labute approximate surface area is 217 Å². The number of benzene rings is 2. The summed E-state index contributed by atoms with van der Waals surface area (Å²) < 4.78 is 65.2. The minimum atomic E-state index is -4.99. The van der Waals surface area contributed by atoms with Crippen molar-refractivity contribution in [3.63, 3.8) is 0 Å². The van der Waals surface area contributed by atoms with Gasteiger partial charge in [-0.2, -0.15) is 8.78 Å². The van der Waals surface area contributed by atoms with E-state index >= 15 is 8.78 Å². The topological polar surface area (TPSA) is 88.1 Å². The molecule has 0 aliphatic heterocycles. The van der Waals surface area contributed by atoms with Crippen molar-refractivity contribution in [2.24, 2.45) is 5.92 Å². The van der Waals surface area contributed by atoms with Crippen LogP contribution in [0, 0.1) is 5.92 Å². The third-order valence-corrected chi connectivity index (χ3v) is 7.39. The highest BCUT2D eigenvalue weighted by Crippen LogP contribution is 2.69. The number of hydrogen-bond donors (Lipinski definition) is 0. The Morgan fingerprint density at radius 2 is 1.32 bits per heavy atom. The fraction of sp³-hybridized carbons (Fsp3) is 0.481. The maximum Gasteiger partial charge on any atom is 0.405 e. The molecule has 0 aliphatic carbocycles. The molecule has 0 heterocycles. The van der Waals surface area contributed by atoms with Crippen molar-refractivity contribution >= 4 is 19.5 Å². The second kappa shape index (κ2) is 11.8. The van der Waals surface area contributed by atoms with Gasteiger partial charge >= 0.3 is 25.2 Å². The summed E-state index contributed by atoms with van der Waals surface area (Å²) in [4.78, 5) is 24.9. The van der Waals surface area contributed by atoms with E-state index in [2.05, 4.69) is 0 Å². The summed E-state index contributed by atoms with van der Waals surface area (Å²) in [7, 11) is -3.84. The van der Waals surface area contributed by atoms with Crippen molar-refractivity contribution in [1.82, 2.24) is 0 Å². The largest absolute Gasteiger partial charge is 0.468 e. The highest BCUT2D eigenvalue weighted by molar-refractivity contribution is 7.54. The first kappa shape index (κ1) is 30.6. The van der Waals surface area contributed by atoms with Gasteiger partial charge in [0.25, 0.3) is 0 Å². The molecule has 0 fully saturated rings. The Balaban J connectivity index is 2.26. The SMILES string of the molecule is COC(=O)C(Cc1ccc(C(F)(F)P(=O)(OC(C)(C)C)OC(C)(C)C)cc1)C(=O)OCc1ccccc1. The van der Waals surface area contributed by atoms with Crippen LogP contribution in [0.3, 0.4) is 0 Å². The van der Waals surface area contributed by atoms with Crippen LogP contribution in [0.2, 0.25) is 0 Å². The molecule has 0 spiro atoms. The summed E-state index contributed by atoms with van der Waals surface area (Å²) in [5.74, 6) is -2.90. The molecule has 2 rings (SSSR count). The van der Waals surface area contributed by atoms with E-state index in [9.17, 15) is 14.2 Å². The third kappa shape index (κ3) is 8.73. The Kier molecular flexibility index (Phi) is 9.80. The van der Waals surface area contributed by atoms with Gasteiger partial charge in [-0.25, -0.2) is 0 Å². The lowest BCUT2D eigenvalue weighted by Crippen LogP contribution is -2.30. The zero-order valence-electron chi connectivity index (χ0n) is 22.2. The fourth-order valence-corrected chi connectivity index (χ4v) is 5.50. The average molecular weight is 541 g/mol. The second-order valence-electron chi connectivity index (χ2n) is 10.5. The predicted octanol–water partition coefficient (Wildman–Crippen LogP) is 6.63. The molecule has 0 bridgehead atoms. The average Bonchev–Trinajstić information content (AvgIpc) is 2.79. The molecule has 1 atom stereocenters. The van der Waals surface area contributed by atoms with Crippen molar-refractivity contribution in [3.8, 4) is 0 Å². The molecular formula is C27H35F2O7P. The van der Waals surface area contributed by atoms with Crippen molar-refractivity contribution in [2.75, 3.05) is 7.11 Å². The standard InChI is InChI=1S/C27H35F2O7P/c1-25(2,3)35-37(32,36-26(4,5)6)27(28,29)21-15-13-19(14-16-21)17-22(23(30)33-7)24(31)34-18-20-11-9-8-10-12-20/h8-16,22H,17-18H2,1-7H3. The van der Waals surface area contributed by atoms with E-state index in [1.54, 1.807) is 24.3 Å². The lowest BCUT2D eigenvalue weighted by molar-refractivity contribution is -0.161. The number of carbonyl (C=O) groups is 2. The van der Waals surface area contributed by atoms with E-state index in [4.69, 9.17) is 18.5 Å². The quantitative estimate of drug-likeness (QED) is 0.190. The highest BCUT2D eigenvalue weighted by Gasteiger charge is 2.58. The fourth-order valence-electron chi connectivity index (χ4n) is 3.32. The van der Waals surface area contributed by atoms with E-state index in [1.165, 1.54) is 53.7 Å². The summed E-state index contributed by atoms with van der Waals surface area (Å²) in [6.45, 7) is 9.02. The molecule has 0 N–H and O–H groups in total. The van der Waals surface area contributed by atoms with Crippen molar-refractivity contribution in [3.05, 3.63) is 71.3 Å². The van der Waals surface area contributed by atoms with E-state index in [0.29, 0.717) is 5.56 Å². The summed E-state index contributed by atoms with van der Waals surface area (Å²) in [6.07, 6.45) is -0.138. The normalized spacial score (nSPS) is 13.6. The lowest BCUT2D eigenvalue weighted by atomic mass is 9.98. The van der Waals surface area contributed by atoms with Crippen LogP contribution in [0.25, 0.3) is 0 Å². The molecule has 0 radical (unpaired) electrons. The van der Waals surface area contributed by atoms with Crippen LogP contribution in [0.1, 0.15) is 58.2 Å². The van der Waals surface area contributed by atoms with Gasteiger partial charge in [-0.1, -0.05) is 54.6 Å². The van der Waals surface area contributed by atoms with E-state index < -0.39 is 47.9 Å². The smallest absolute Gasteiger partial charge is 0.405 e. The minimum Gasteiger partial charge on any atom is -0.468 e. The maximum atomic E-state index is 15.6. The number of carbonyl (C=O) groups excluding carboxylic acids is 2. The van der Waals surface area contributed by atoms with E-state index in [1.807, 2.05) is 6.07 Å². The van der Waals surface area contributed by atoms with Crippen molar-refractivity contribution < 1.29 is 41.5 Å². The van der Waals surface area contributed by atoms with Crippen LogP contribution in [-0.4, -0.2) is 30.3 Å². The Hall–Kier alpha value is -2.61. The minimum absolute atomic E-state index is 0.0326. The van der Waals surface area contributed by atoms with Gasteiger partial charge in [0.1, 0.15) is 6.61 Å². The summed E-state index contributed by atoms with van der Waals surface area (Å²) in [5.41, 5.74) is -5.76. The molecule has 0 saturated carbocycles. The van der Waals surface area contributed by atoms with Gasteiger partial charge in [0.15, 0.2) is 5.92 Å². The molecule has 0 aromatic heterocycles. The molecular weight excluding hydrogens is 505 g/mol. The lowest BCUT2D eigenvalue weighted by Gasteiger charge is -2.36. The number of halogens is 2.